The minimum atomic E-state index is -3.02. The lowest BCUT2D eigenvalue weighted by Crippen LogP contribution is -2.40. The number of carboxylic acid groups (broad SMARTS) is 1. The normalized spacial score (nSPS) is 18.1. The number of carbonyl (C=O) groups is 3. The molecular formula is C33H36F2N4O6S. The van der Waals surface area contributed by atoms with E-state index in [-0.39, 0.29) is 35.9 Å². The van der Waals surface area contributed by atoms with Crippen molar-refractivity contribution in [1.82, 2.24) is 9.97 Å². The quantitative estimate of drug-likeness (QED) is 0.238. The number of piperidine rings is 1. The maximum Gasteiger partial charge on any atom is 0.387 e. The van der Waals surface area contributed by atoms with Crippen molar-refractivity contribution in [2.45, 2.75) is 70.4 Å². The van der Waals surface area contributed by atoms with E-state index in [4.69, 9.17) is 14.5 Å². The summed E-state index contributed by atoms with van der Waals surface area (Å²) < 4.78 is 36.5. The van der Waals surface area contributed by atoms with Crippen molar-refractivity contribution >= 4 is 40.1 Å². The summed E-state index contributed by atoms with van der Waals surface area (Å²) in [6.45, 7) is -1.20. The van der Waals surface area contributed by atoms with Gasteiger partial charge in [-0.1, -0.05) is 0 Å². The molecule has 0 unspecified atom stereocenters. The molecule has 244 valence electrons. The summed E-state index contributed by atoms with van der Waals surface area (Å²) in [6, 6.07) is 8.13. The molecule has 1 saturated carbocycles. The van der Waals surface area contributed by atoms with Gasteiger partial charge in [-0.3, -0.25) is 24.2 Å². The number of carbonyl (C=O) groups excluding carboxylic acids is 2. The molecule has 3 aromatic rings. The molecule has 2 aliphatic heterocycles. The van der Waals surface area contributed by atoms with Gasteiger partial charge in [0.1, 0.15) is 11.6 Å². The summed E-state index contributed by atoms with van der Waals surface area (Å²) in [4.78, 5) is 50.9. The van der Waals surface area contributed by atoms with Gasteiger partial charge < -0.3 is 14.6 Å². The molecule has 0 radical (unpaired) electrons. The minimum absolute atomic E-state index is 0.0313. The van der Waals surface area contributed by atoms with Gasteiger partial charge in [0.15, 0.2) is 5.13 Å². The number of hydrogen-bond donors (Lipinski definition) is 1. The number of aromatic nitrogens is 2. The predicted octanol–water partition coefficient (Wildman–Crippen LogP) is 6.39. The largest absolute Gasteiger partial charge is 0.481 e. The van der Waals surface area contributed by atoms with Crippen LogP contribution in [0, 0.1) is 11.8 Å². The number of thiazole rings is 1. The fourth-order valence-electron chi connectivity index (χ4n) is 6.24. The third-order valence-electron chi connectivity index (χ3n) is 8.73. The van der Waals surface area contributed by atoms with Crippen molar-refractivity contribution in [1.29, 1.82) is 0 Å². The number of hydrogen-bond acceptors (Lipinski definition) is 8. The lowest BCUT2D eigenvalue weighted by molar-refractivity contribution is -0.141. The second-order valence-electron chi connectivity index (χ2n) is 12.0. The first-order chi connectivity index (χ1) is 22.3. The van der Waals surface area contributed by atoms with Crippen LogP contribution in [0.4, 0.5) is 19.7 Å². The van der Waals surface area contributed by atoms with E-state index in [0.29, 0.717) is 65.9 Å². The maximum absolute atomic E-state index is 14.0. The maximum atomic E-state index is 14.0. The summed E-state index contributed by atoms with van der Waals surface area (Å²) in [5.41, 5.74) is 2.32. The molecule has 6 rings (SSSR count). The minimum Gasteiger partial charge on any atom is -0.481 e. The highest BCUT2D eigenvalue weighted by Gasteiger charge is 2.40. The van der Waals surface area contributed by atoms with Gasteiger partial charge in [-0.05, 0) is 86.8 Å². The lowest BCUT2D eigenvalue weighted by atomic mass is 9.86. The monoisotopic (exact) mass is 654 g/mol. The van der Waals surface area contributed by atoms with Crippen molar-refractivity contribution in [2.24, 2.45) is 11.8 Å². The van der Waals surface area contributed by atoms with Gasteiger partial charge in [0.05, 0.1) is 12.1 Å². The molecule has 2 saturated heterocycles. The Balaban J connectivity index is 1.31. The number of alkyl halides is 2. The number of carboxylic acids is 1. The van der Waals surface area contributed by atoms with Gasteiger partial charge in [0.25, 0.3) is 0 Å². The van der Waals surface area contributed by atoms with E-state index in [0.717, 1.165) is 38.5 Å². The van der Waals surface area contributed by atoms with E-state index in [1.54, 1.807) is 33.5 Å². The molecular weight excluding hydrogens is 618 g/mol. The SMILES string of the molecule is O=C(O)C[C@@H](CC1CCOCC1)C(=O)N(c1nc(-c2cc(OC(F)F)ccc2-c2ccc(N3CCCCC3=O)nc2)cs1)C1CC1. The Morgan fingerprint density at radius 1 is 1.11 bits per heavy atom. The van der Waals surface area contributed by atoms with E-state index in [1.165, 1.54) is 23.5 Å². The third kappa shape index (κ3) is 7.52. The van der Waals surface area contributed by atoms with Gasteiger partial charge >= 0.3 is 12.6 Å². The highest BCUT2D eigenvalue weighted by Crippen LogP contribution is 2.41. The smallest absolute Gasteiger partial charge is 0.387 e. The van der Waals surface area contributed by atoms with Gasteiger partial charge in [-0.15, -0.1) is 11.3 Å². The molecule has 3 aliphatic rings. The molecule has 2 amide bonds. The van der Waals surface area contributed by atoms with Gasteiger partial charge in [-0.25, -0.2) is 9.97 Å². The number of rotatable bonds is 12. The van der Waals surface area contributed by atoms with Gasteiger partial charge in [0.2, 0.25) is 11.8 Å². The van der Waals surface area contributed by atoms with Gasteiger partial charge in [-0.2, -0.15) is 8.78 Å². The number of ether oxygens (including phenoxy) is 2. The second kappa shape index (κ2) is 14.2. The molecule has 1 atom stereocenters. The Kier molecular flexibility index (Phi) is 9.88. The fraction of sp³-hybridized carbons (Fsp3) is 0.485. The number of benzene rings is 1. The average Bonchev–Trinajstić information content (AvgIpc) is 3.76. The Labute approximate surface area is 269 Å². The highest BCUT2D eigenvalue weighted by atomic mass is 32.1. The zero-order valence-corrected chi connectivity index (χ0v) is 26.1. The van der Waals surface area contributed by atoms with E-state index < -0.39 is 18.5 Å². The van der Waals surface area contributed by atoms with Gasteiger partial charge in [0, 0.05) is 60.8 Å². The Morgan fingerprint density at radius 2 is 1.91 bits per heavy atom. The second-order valence-corrected chi connectivity index (χ2v) is 12.9. The summed E-state index contributed by atoms with van der Waals surface area (Å²) in [5, 5.41) is 11.9. The summed E-state index contributed by atoms with van der Waals surface area (Å²) in [6.07, 6.45) is 7.26. The standard InChI is InChI=1S/C33H36F2N4O6S/c34-32(35)45-24-7-8-25(21-4-9-28(36-18-21)38-12-2-1-3-29(38)40)26(17-24)27-19-46-33(37-27)39(23-5-6-23)31(43)22(16-30(41)42)15-20-10-13-44-14-11-20/h4,7-9,17-20,22-23,32H,1-3,5-6,10-16H2,(H,41,42)/t22-/m1/s1. The molecule has 2 aromatic heterocycles. The van der Waals surface area contributed by atoms with Crippen LogP contribution in [0.3, 0.4) is 0 Å². The van der Waals surface area contributed by atoms with E-state index >= 15 is 0 Å². The number of anilines is 2. The highest BCUT2D eigenvalue weighted by molar-refractivity contribution is 7.14. The molecule has 1 aromatic carbocycles. The van der Waals surface area contributed by atoms with Crippen LogP contribution in [0.2, 0.25) is 0 Å². The molecule has 0 spiro atoms. The van der Waals surface area contributed by atoms with Crippen molar-refractivity contribution in [3.05, 3.63) is 41.9 Å². The van der Waals surface area contributed by atoms with Crippen molar-refractivity contribution in [2.75, 3.05) is 29.6 Å². The first-order valence-corrected chi connectivity index (χ1v) is 16.6. The van der Waals surface area contributed by atoms with Crippen molar-refractivity contribution in [3.63, 3.8) is 0 Å². The van der Waals surface area contributed by atoms with Crippen LogP contribution >= 0.6 is 11.3 Å². The lowest BCUT2D eigenvalue weighted by Gasteiger charge is -2.29. The number of pyridine rings is 1. The van der Waals surface area contributed by atoms with Crippen LogP contribution in [0.15, 0.2) is 41.9 Å². The van der Waals surface area contributed by atoms with E-state index in [2.05, 4.69) is 4.98 Å². The summed E-state index contributed by atoms with van der Waals surface area (Å²) >= 11 is 1.25. The molecule has 3 fully saturated rings. The Hall–Kier alpha value is -3.97. The molecule has 46 heavy (non-hydrogen) atoms. The average molecular weight is 655 g/mol. The van der Waals surface area contributed by atoms with Crippen LogP contribution in [-0.2, 0) is 19.1 Å². The first-order valence-electron chi connectivity index (χ1n) is 15.7. The van der Waals surface area contributed by atoms with Crippen molar-refractivity contribution in [3.8, 4) is 28.1 Å². The number of aliphatic carboxylic acids is 1. The Morgan fingerprint density at radius 3 is 2.59 bits per heavy atom. The Bertz CT molecular complexity index is 1560. The molecule has 4 heterocycles. The van der Waals surface area contributed by atoms with Crippen LogP contribution in [0.5, 0.6) is 5.75 Å². The van der Waals surface area contributed by atoms with Crippen LogP contribution < -0.4 is 14.5 Å². The molecule has 1 N–H and O–H groups in total. The molecule has 1 aliphatic carbocycles. The van der Waals surface area contributed by atoms with E-state index in [1.807, 2.05) is 6.07 Å². The van der Waals surface area contributed by atoms with Crippen LogP contribution in [0.25, 0.3) is 22.4 Å². The molecule has 13 heteroatoms. The zero-order chi connectivity index (χ0) is 32.2. The number of halogens is 2. The number of amides is 2. The first kappa shape index (κ1) is 32.0. The van der Waals surface area contributed by atoms with E-state index in [9.17, 15) is 28.3 Å². The summed E-state index contributed by atoms with van der Waals surface area (Å²) in [5.74, 6) is -1.21. The summed E-state index contributed by atoms with van der Waals surface area (Å²) in [7, 11) is 0. The van der Waals surface area contributed by atoms with Crippen LogP contribution in [-0.4, -0.2) is 65.3 Å². The molecule has 0 bridgehead atoms. The molecule has 10 nitrogen and oxygen atoms in total. The predicted molar refractivity (Wildman–Crippen MR) is 168 cm³/mol. The zero-order valence-electron chi connectivity index (χ0n) is 25.3. The number of nitrogens with zero attached hydrogens (tertiary/aromatic N) is 4. The fourth-order valence-corrected chi connectivity index (χ4v) is 7.14. The third-order valence-corrected chi connectivity index (χ3v) is 9.57. The van der Waals surface area contributed by atoms with Crippen LogP contribution in [0.1, 0.15) is 57.8 Å². The van der Waals surface area contributed by atoms with Crippen molar-refractivity contribution < 1.29 is 37.7 Å². The topological polar surface area (TPSA) is 122 Å².